The van der Waals surface area contributed by atoms with E-state index in [0.29, 0.717) is 11.5 Å². The van der Waals surface area contributed by atoms with Crippen LogP contribution in [0.3, 0.4) is 0 Å². The van der Waals surface area contributed by atoms with Crippen LogP contribution in [0.15, 0.2) is 58.2 Å². The van der Waals surface area contributed by atoms with Crippen molar-refractivity contribution in [3.05, 3.63) is 65.5 Å². The SMILES string of the molecule is CC[C@H](C)c1ccc(C(=O)CSc2nnc(-c3ccccc3F)o2)cc1. The summed E-state index contributed by atoms with van der Waals surface area (Å²) < 4.78 is 19.2. The highest BCUT2D eigenvalue weighted by Gasteiger charge is 2.15. The molecule has 6 heteroatoms. The Kier molecular flexibility index (Phi) is 5.83. The van der Waals surface area contributed by atoms with Gasteiger partial charge in [0.15, 0.2) is 5.78 Å². The van der Waals surface area contributed by atoms with Gasteiger partial charge in [-0.3, -0.25) is 4.79 Å². The molecule has 0 aliphatic heterocycles. The van der Waals surface area contributed by atoms with E-state index < -0.39 is 5.82 Å². The molecule has 26 heavy (non-hydrogen) atoms. The normalized spacial score (nSPS) is 12.1. The topological polar surface area (TPSA) is 56.0 Å². The quantitative estimate of drug-likeness (QED) is 0.414. The highest BCUT2D eigenvalue weighted by Crippen LogP contribution is 2.26. The Morgan fingerprint density at radius 3 is 2.58 bits per heavy atom. The van der Waals surface area contributed by atoms with Gasteiger partial charge < -0.3 is 4.42 Å². The summed E-state index contributed by atoms with van der Waals surface area (Å²) in [6, 6.07) is 13.9. The molecule has 0 spiro atoms. The number of Topliss-reactive ketones (excluding diaryl/α,β-unsaturated/α-hetero) is 1. The van der Waals surface area contributed by atoms with Crippen LogP contribution in [-0.4, -0.2) is 21.7 Å². The van der Waals surface area contributed by atoms with Gasteiger partial charge in [0, 0.05) is 5.56 Å². The number of carbonyl (C=O) groups is 1. The molecule has 0 aliphatic carbocycles. The minimum Gasteiger partial charge on any atom is -0.411 e. The fourth-order valence-corrected chi connectivity index (χ4v) is 3.11. The third kappa shape index (κ3) is 4.19. The van der Waals surface area contributed by atoms with Gasteiger partial charge in [0.1, 0.15) is 5.82 Å². The van der Waals surface area contributed by atoms with Crippen molar-refractivity contribution >= 4 is 17.5 Å². The fraction of sp³-hybridized carbons (Fsp3) is 0.250. The summed E-state index contributed by atoms with van der Waals surface area (Å²) in [5, 5.41) is 7.97. The number of rotatable bonds is 7. The van der Waals surface area contributed by atoms with Crippen LogP contribution in [-0.2, 0) is 0 Å². The summed E-state index contributed by atoms with van der Waals surface area (Å²) in [6.45, 7) is 4.30. The highest BCUT2D eigenvalue weighted by molar-refractivity contribution is 7.99. The molecule has 1 atom stereocenters. The Labute approximate surface area is 155 Å². The third-order valence-corrected chi connectivity index (χ3v) is 5.07. The zero-order valence-corrected chi connectivity index (χ0v) is 15.4. The number of carbonyl (C=O) groups excluding carboxylic acids is 1. The lowest BCUT2D eigenvalue weighted by atomic mass is 9.97. The lowest BCUT2D eigenvalue weighted by Crippen LogP contribution is -2.03. The summed E-state index contributed by atoms with van der Waals surface area (Å²) in [6.07, 6.45) is 1.06. The van der Waals surface area contributed by atoms with E-state index in [-0.39, 0.29) is 28.2 Å². The van der Waals surface area contributed by atoms with Crippen molar-refractivity contribution in [2.24, 2.45) is 0 Å². The molecule has 3 rings (SSSR count). The fourth-order valence-electron chi connectivity index (χ4n) is 2.46. The minimum atomic E-state index is -0.426. The second kappa shape index (κ2) is 8.27. The molecule has 0 unspecified atom stereocenters. The smallest absolute Gasteiger partial charge is 0.277 e. The number of nitrogens with zero attached hydrogens (tertiary/aromatic N) is 2. The molecule has 0 aliphatic rings. The van der Waals surface area contributed by atoms with Crippen LogP contribution in [0.25, 0.3) is 11.5 Å². The molecule has 0 bridgehead atoms. The van der Waals surface area contributed by atoms with E-state index in [1.165, 1.54) is 11.6 Å². The first-order valence-electron chi connectivity index (χ1n) is 8.43. The van der Waals surface area contributed by atoms with Gasteiger partial charge in [-0.15, -0.1) is 10.2 Å². The zero-order chi connectivity index (χ0) is 18.5. The molecule has 0 N–H and O–H groups in total. The van der Waals surface area contributed by atoms with E-state index in [1.807, 2.05) is 24.3 Å². The summed E-state index contributed by atoms with van der Waals surface area (Å²) in [5.74, 6) is 0.322. The lowest BCUT2D eigenvalue weighted by Gasteiger charge is -2.09. The Bertz CT molecular complexity index is 893. The maximum absolute atomic E-state index is 13.7. The van der Waals surface area contributed by atoms with Gasteiger partial charge in [-0.1, -0.05) is 62.0 Å². The highest BCUT2D eigenvalue weighted by atomic mass is 32.2. The van der Waals surface area contributed by atoms with Gasteiger partial charge in [-0.25, -0.2) is 4.39 Å². The van der Waals surface area contributed by atoms with E-state index in [1.54, 1.807) is 18.2 Å². The molecular formula is C20H19FN2O2S. The van der Waals surface area contributed by atoms with Gasteiger partial charge in [0.25, 0.3) is 11.1 Å². The molecule has 3 aromatic rings. The number of thioether (sulfide) groups is 1. The number of benzene rings is 2. The van der Waals surface area contributed by atoms with Crippen LogP contribution in [0.4, 0.5) is 4.39 Å². The molecule has 2 aromatic carbocycles. The van der Waals surface area contributed by atoms with E-state index >= 15 is 0 Å². The summed E-state index contributed by atoms with van der Waals surface area (Å²) in [4.78, 5) is 12.3. The molecule has 0 fully saturated rings. The van der Waals surface area contributed by atoms with Gasteiger partial charge in [-0.05, 0) is 30.0 Å². The van der Waals surface area contributed by atoms with E-state index in [9.17, 15) is 9.18 Å². The van der Waals surface area contributed by atoms with Crippen LogP contribution in [0.1, 0.15) is 42.1 Å². The van der Waals surface area contributed by atoms with Crippen LogP contribution < -0.4 is 0 Å². The minimum absolute atomic E-state index is 0.0173. The van der Waals surface area contributed by atoms with Gasteiger partial charge in [-0.2, -0.15) is 0 Å². The average Bonchev–Trinajstić information content (AvgIpc) is 3.14. The monoisotopic (exact) mass is 370 g/mol. The van der Waals surface area contributed by atoms with Crippen molar-refractivity contribution in [3.8, 4) is 11.5 Å². The molecular weight excluding hydrogens is 351 g/mol. The molecule has 1 heterocycles. The molecule has 0 radical (unpaired) electrons. The second-order valence-corrected chi connectivity index (χ2v) is 6.92. The molecule has 0 amide bonds. The first-order chi connectivity index (χ1) is 12.6. The van der Waals surface area contributed by atoms with Crippen molar-refractivity contribution in [3.63, 3.8) is 0 Å². The third-order valence-electron chi connectivity index (χ3n) is 4.25. The predicted molar refractivity (Wildman–Crippen MR) is 99.9 cm³/mol. The van der Waals surface area contributed by atoms with E-state index in [2.05, 4.69) is 24.0 Å². The Hall–Kier alpha value is -2.47. The summed E-state index contributed by atoms with van der Waals surface area (Å²) in [5.41, 5.74) is 2.13. The predicted octanol–water partition coefficient (Wildman–Crippen LogP) is 5.36. The molecule has 134 valence electrons. The Morgan fingerprint density at radius 2 is 1.88 bits per heavy atom. The Balaban J connectivity index is 1.62. The molecule has 0 saturated heterocycles. The van der Waals surface area contributed by atoms with Crippen molar-refractivity contribution in [2.45, 2.75) is 31.4 Å². The number of hydrogen-bond acceptors (Lipinski definition) is 5. The zero-order valence-electron chi connectivity index (χ0n) is 14.6. The van der Waals surface area contributed by atoms with E-state index in [0.717, 1.165) is 18.2 Å². The van der Waals surface area contributed by atoms with Crippen molar-refractivity contribution < 1.29 is 13.6 Å². The van der Waals surface area contributed by atoms with Crippen LogP contribution in [0.5, 0.6) is 0 Å². The maximum Gasteiger partial charge on any atom is 0.277 e. The first-order valence-corrected chi connectivity index (χ1v) is 9.41. The lowest BCUT2D eigenvalue weighted by molar-refractivity contribution is 0.102. The number of ketones is 1. The Morgan fingerprint density at radius 1 is 1.15 bits per heavy atom. The van der Waals surface area contributed by atoms with Gasteiger partial charge >= 0.3 is 0 Å². The van der Waals surface area contributed by atoms with Gasteiger partial charge in [0.2, 0.25) is 0 Å². The average molecular weight is 370 g/mol. The number of aromatic nitrogens is 2. The summed E-state index contributed by atoms with van der Waals surface area (Å²) in [7, 11) is 0. The largest absolute Gasteiger partial charge is 0.411 e. The van der Waals surface area contributed by atoms with Crippen molar-refractivity contribution in [2.75, 3.05) is 5.75 Å². The first kappa shape index (κ1) is 18.3. The molecule has 0 saturated carbocycles. The second-order valence-electron chi connectivity index (χ2n) is 6.00. The van der Waals surface area contributed by atoms with Crippen LogP contribution in [0, 0.1) is 5.82 Å². The summed E-state index contributed by atoms with van der Waals surface area (Å²) >= 11 is 1.15. The van der Waals surface area contributed by atoms with Gasteiger partial charge in [0.05, 0.1) is 11.3 Å². The van der Waals surface area contributed by atoms with E-state index in [4.69, 9.17) is 4.42 Å². The number of hydrogen-bond donors (Lipinski definition) is 0. The van der Waals surface area contributed by atoms with Crippen LogP contribution in [0.2, 0.25) is 0 Å². The maximum atomic E-state index is 13.7. The molecule has 1 aromatic heterocycles. The van der Waals surface area contributed by atoms with Crippen molar-refractivity contribution in [1.29, 1.82) is 0 Å². The van der Waals surface area contributed by atoms with Crippen molar-refractivity contribution in [1.82, 2.24) is 10.2 Å². The molecule has 4 nitrogen and oxygen atoms in total. The van der Waals surface area contributed by atoms with Crippen LogP contribution >= 0.6 is 11.8 Å². The standard InChI is InChI=1S/C20H19FN2O2S/c1-3-13(2)14-8-10-15(11-9-14)18(24)12-26-20-23-22-19(25-20)16-6-4-5-7-17(16)21/h4-11,13H,3,12H2,1-2H3/t13-/m0/s1. The number of halogens is 1.